The second kappa shape index (κ2) is 8.04. The zero-order valence-electron chi connectivity index (χ0n) is 15.5. The number of H-pyrrole nitrogens is 1. The molecule has 1 fully saturated rings. The maximum atomic E-state index is 12.7. The van der Waals surface area contributed by atoms with E-state index in [0.717, 1.165) is 12.0 Å². The van der Waals surface area contributed by atoms with Gasteiger partial charge in [-0.05, 0) is 44.2 Å². The van der Waals surface area contributed by atoms with E-state index >= 15 is 0 Å². The third-order valence-electron chi connectivity index (χ3n) is 4.94. The Bertz CT molecular complexity index is 896. The first kappa shape index (κ1) is 20.2. The van der Waals surface area contributed by atoms with E-state index in [-0.39, 0.29) is 35.4 Å². The van der Waals surface area contributed by atoms with Gasteiger partial charge in [0.25, 0.3) is 5.56 Å². The highest BCUT2D eigenvalue weighted by atomic mass is 32.2. The summed E-state index contributed by atoms with van der Waals surface area (Å²) in [5.41, 5.74) is 1.72. The van der Waals surface area contributed by atoms with Gasteiger partial charge >= 0.3 is 0 Å². The summed E-state index contributed by atoms with van der Waals surface area (Å²) in [5, 5.41) is 9.14. The molecule has 1 N–H and O–H groups in total. The number of aromatic amines is 1. The van der Waals surface area contributed by atoms with Gasteiger partial charge in [0.05, 0.1) is 11.5 Å². The van der Waals surface area contributed by atoms with E-state index in [1.54, 1.807) is 18.7 Å². The fourth-order valence-corrected chi connectivity index (χ4v) is 5.30. The monoisotopic (exact) mass is 379 g/mol. The van der Waals surface area contributed by atoms with Gasteiger partial charge in [0, 0.05) is 24.7 Å². The molecular formula is C18H25N3O4S. The van der Waals surface area contributed by atoms with Gasteiger partial charge in [0.15, 0.2) is 9.84 Å². The van der Waals surface area contributed by atoms with Crippen molar-refractivity contribution in [2.45, 2.75) is 52.5 Å². The van der Waals surface area contributed by atoms with Gasteiger partial charge in [-0.1, -0.05) is 6.92 Å². The molecule has 1 saturated heterocycles. The number of nitrogens with one attached hydrogen (secondary N) is 1. The van der Waals surface area contributed by atoms with Gasteiger partial charge in [0.2, 0.25) is 5.91 Å². The predicted molar refractivity (Wildman–Crippen MR) is 98.6 cm³/mol. The molecule has 142 valence electrons. The van der Waals surface area contributed by atoms with Crippen molar-refractivity contribution < 1.29 is 13.2 Å². The number of aromatic nitrogens is 1. The largest absolute Gasteiger partial charge is 0.339 e. The van der Waals surface area contributed by atoms with Crippen LogP contribution in [0.15, 0.2) is 4.79 Å². The Balaban J connectivity index is 2.16. The number of sulfone groups is 1. The number of carbonyl (C=O) groups excluding carboxylic acids is 1. The summed E-state index contributed by atoms with van der Waals surface area (Å²) in [6.07, 6.45) is 1.87. The Kier molecular flexibility index (Phi) is 6.24. The molecule has 1 aromatic rings. The Labute approximate surface area is 153 Å². The summed E-state index contributed by atoms with van der Waals surface area (Å²) in [7, 11) is -3.06. The highest BCUT2D eigenvalue weighted by molar-refractivity contribution is 7.91. The summed E-state index contributed by atoms with van der Waals surface area (Å²) < 4.78 is 23.5. The van der Waals surface area contributed by atoms with Crippen LogP contribution in [0.1, 0.15) is 48.6 Å². The van der Waals surface area contributed by atoms with Crippen molar-refractivity contribution in [3.05, 3.63) is 32.7 Å². The number of nitrogens with zero attached hydrogens (tertiary/aromatic N) is 2. The molecule has 7 nitrogen and oxygen atoms in total. The average Bonchev–Trinajstić information content (AvgIpc) is 2.91. The van der Waals surface area contributed by atoms with Crippen LogP contribution < -0.4 is 5.56 Å². The van der Waals surface area contributed by atoms with Crippen LogP contribution in [0.25, 0.3) is 0 Å². The Hall–Kier alpha value is -2.14. The maximum absolute atomic E-state index is 12.7. The molecule has 8 heteroatoms. The van der Waals surface area contributed by atoms with E-state index in [0.29, 0.717) is 30.6 Å². The van der Waals surface area contributed by atoms with E-state index in [4.69, 9.17) is 5.26 Å². The molecule has 2 heterocycles. The first-order valence-electron chi connectivity index (χ1n) is 8.82. The molecule has 0 aromatic carbocycles. The van der Waals surface area contributed by atoms with Crippen LogP contribution in [0.4, 0.5) is 0 Å². The second-order valence-electron chi connectivity index (χ2n) is 6.81. The topological polar surface area (TPSA) is 111 Å². The second-order valence-corrected chi connectivity index (χ2v) is 9.04. The molecule has 0 bridgehead atoms. The number of pyridine rings is 1. The van der Waals surface area contributed by atoms with Gasteiger partial charge in [-0.3, -0.25) is 9.59 Å². The molecule has 0 spiro atoms. The molecule has 26 heavy (non-hydrogen) atoms. The number of carbonyl (C=O) groups is 1. The van der Waals surface area contributed by atoms with Crippen LogP contribution in [0.3, 0.4) is 0 Å². The number of rotatable bonds is 6. The molecule has 1 amide bonds. The number of hydrogen-bond donors (Lipinski definition) is 1. The lowest BCUT2D eigenvalue weighted by Gasteiger charge is -2.28. The van der Waals surface area contributed by atoms with E-state index in [1.807, 2.05) is 13.0 Å². The lowest BCUT2D eigenvalue weighted by Crippen LogP contribution is -2.41. The van der Waals surface area contributed by atoms with Crippen LogP contribution in [-0.4, -0.2) is 48.3 Å². The molecule has 0 saturated carbocycles. The summed E-state index contributed by atoms with van der Waals surface area (Å²) in [5.74, 6) is 0.0838. The summed E-state index contributed by atoms with van der Waals surface area (Å²) in [6.45, 7) is 5.96. The van der Waals surface area contributed by atoms with Gasteiger partial charge < -0.3 is 9.88 Å². The Morgan fingerprint density at radius 2 is 2.08 bits per heavy atom. The first-order chi connectivity index (χ1) is 12.2. The molecule has 1 aromatic heterocycles. The van der Waals surface area contributed by atoms with Crippen molar-refractivity contribution >= 4 is 15.7 Å². The molecule has 0 aliphatic carbocycles. The predicted octanol–water partition coefficient (Wildman–Crippen LogP) is 1.22. The number of nitriles is 1. The Morgan fingerprint density at radius 1 is 1.38 bits per heavy atom. The van der Waals surface area contributed by atoms with Crippen LogP contribution in [0.2, 0.25) is 0 Å². The van der Waals surface area contributed by atoms with E-state index in [2.05, 4.69) is 4.98 Å². The minimum atomic E-state index is -3.06. The third kappa shape index (κ3) is 4.33. The average molecular weight is 379 g/mol. The van der Waals surface area contributed by atoms with Crippen molar-refractivity contribution in [3.8, 4) is 6.07 Å². The third-order valence-corrected chi connectivity index (χ3v) is 6.69. The smallest absolute Gasteiger partial charge is 0.266 e. The number of hydrogen-bond acceptors (Lipinski definition) is 5. The van der Waals surface area contributed by atoms with Crippen molar-refractivity contribution in [2.24, 2.45) is 0 Å². The van der Waals surface area contributed by atoms with E-state index in [9.17, 15) is 18.0 Å². The molecule has 1 unspecified atom stereocenters. The summed E-state index contributed by atoms with van der Waals surface area (Å²) >= 11 is 0. The maximum Gasteiger partial charge on any atom is 0.266 e. The van der Waals surface area contributed by atoms with E-state index in [1.165, 1.54) is 0 Å². The van der Waals surface area contributed by atoms with Crippen LogP contribution in [-0.2, 0) is 21.1 Å². The van der Waals surface area contributed by atoms with Gasteiger partial charge in [-0.25, -0.2) is 8.42 Å². The molecule has 2 rings (SSSR count). The van der Waals surface area contributed by atoms with Gasteiger partial charge in [-0.15, -0.1) is 0 Å². The summed E-state index contributed by atoms with van der Waals surface area (Å²) in [4.78, 5) is 28.9. The molecule has 0 radical (unpaired) electrons. The number of aryl methyl sites for hydroxylation is 1. The lowest BCUT2D eigenvalue weighted by molar-refractivity contribution is -0.133. The quantitative estimate of drug-likeness (QED) is 0.799. The fourth-order valence-electron chi connectivity index (χ4n) is 3.57. The highest BCUT2D eigenvalue weighted by Gasteiger charge is 2.34. The van der Waals surface area contributed by atoms with E-state index < -0.39 is 15.4 Å². The van der Waals surface area contributed by atoms with Crippen molar-refractivity contribution in [1.82, 2.24) is 9.88 Å². The van der Waals surface area contributed by atoms with Crippen molar-refractivity contribution in [1.29, 1.82) is 5.26 Å². The van der Waals surface area contributed by atoms with Crippen LogP contribution in [0, 0.1) is 25.2 Å². The highest BCUT2D eigenvalue weighted by Crippen LogP contribution is 2.21. The van der Waals surface area contributed by atoms with Crippen molar-refractivity contribution in [3.63, 3.8) is 0 Å². The summed E-state index contributed by atoms with van der Waals surface area (Å²) in [6, 6.07) is 1.66. The molecule has 1 aliphatic heterocycles. The zero-order chi connectivity index (χ0) is 19.5. The minimum Gasteiger partial charge on any atom is -0.339 e. The van der Waals surface area contributed by atoms with Gasteiger partial charge in [0.1, 0.15) is 11.6 Å². The van der Waals surface area contributed by atoms with Crippen molar-refractivity contribution in [2.75, 3.05) is 18.1 Å². The van der Waals surface area contributed by atoms with Crippen LogP contribution in [0.5, 0.6) is 0 Å². The minimum absolute atomic E-state index is 0.0357. The Morgan fingerprint density at radius 3 is 2.62 bits per heavy atom. The SMILES string of the molecule is CCCN(C(=O)CCc1c(C)[nH]c(=O)c(C#N)c1C)C1CCS(=O)(=O)C1. The lowest BCUT2D eigenvalue weighted by atomic mass is 9.98. The normalized spacial score (nSPS) is 18.5. The standard InChI is InChI=1S/C18H25N3O4S/c1-4-8-21(14-7-9-26(24,25)11-14)17(22)6-5-15-12(2)16(10-19)18(23)20-13(15)3/h14H,4-9,11H2,1-3H3,(H,20,23). The van der Waals surface area contributed by atoms with Gasteiger partial charge in [-0.2, -0.15) is 5.26 Å². The molecule has 1 aliphatic rings. The molecular weight excluding hydrogens is 354 g/mol. The number of amides is 1. The fraction of sp³-hybridized carbons (Fsp3) is 0.611. The van der Waals surface area contributed by atoms with Crippen LogP contribution >= 0.6 is 0 Å². The molecule has 1 atom stereocenters. The zero-order valence-corrected chi connectivity index (χ0v) is 16.3. The first-order valence-corrected chi connectivity index (χ1v) is 10.6.